The lowest BCUT2D eigenvalue weighted by Gasteiger charge is -1.97. The second kappa shape index (κ2) is 6.55. The van der Waals surface area contributed by atoms with Gasteiger partial charge in [0.15, 0.2) is 0 Å². The van der Waals surface area contributed by atoms with Gasteiger partial charge in [-0.2, -0.15) is 5.26 Å². The van der Waals surface area contributed by atoms with Crippen molar-refractivity contribution >= 4 is 23.4 Å². The van der Waals surface area contributed by atoms with Gasteiger partial charge >= 0.3 is 0 Å². The molecule has 0 atom stereocenters. The highest BCUT2D eigenvalue weighted by atomic mass is 35.5. The van der Waals surface area contributed by atoms with Crippen molar-refractivity contribution in [3.05, 3.63) is 40.3 Å². The Kier molecular flexibility index (Phi) is 5.31. The minimum Gasteiger partial charge on any atom is -0.193 e. The SMILES string of the molecule is CCCC(C#N)=CSc1ccc(Cl)cc1. The highest BCUT2D eigenvalue weighted by molar-refractivity contribution is 8.02. The lowest BCUT2D eigenvalue weighted by Crippen LogP contribution is -1.76. The number of allylic oxidation sites excluding steroid dienone is 1. The molecule has 0 aliphatic heterocycles. The molecule has 1 aromatic carbocycles. The van der Waals surface area contributed by atoms with E-state index in [9.17, 15) is 0 Å². The van der Waals surface area contributed by atoms with Gasteiger partial charge in [0.05, 0.1) is 6.07 Å². The molecule has 3 heteroatoms. The molecular weight excluding hydrogens is 226 g/mol. The highest BCUT2D eigenvalue weighted by Gasteiger charge is 1.95. The summed E-state index contributed by atoms with van der Waals surface area (Å²) in [6.45, 7) is 2.07. The summed E-state index contributed by atoms with van der Waals surface area (Å²) < 4.78 is 0. The van der Waals surface area contributed by atoms with Gasteiger partial charge in [-0.3, -0.25) is 0 Å². The Balaban J connectivity index is 2.62. The molecule has 0 heterocycles. The third-order valence-corrected chi connectivity index (χ3v) is 3.01. The van der Waals surface area contributed by atoms with E-state index in [1.165, 1.54) is 0 Å². The van der Waals surface area contributed by atoms with Crippen LogP contribution in [0.3, 0.4) is 0 Å². The Morgan fingerprint density at radius 1 is 1.47 bits per heavy atom. The van der Waals surface area contributed by atoms with Crippen molar-refractivity contribution < 1.29 is 0 Å². The van der Waals surface area contributed by atoms with E-state index < -0.39 is 0 Å². The van der Waals surface area contributed by atoms with E-state index in [1.54, 1.807) is 11.8 Å². The van der Waals surface area contributed by atoms with Crippen molar-refractivity contribution in [3.8, 4) is 6.07 Å². The van der Waals surface area contributed by atoms with Gasteiger partial charge in [0, 0.05) is 15.5 Å². The van der Waals surface area contributed by atoms with E-state index >= 15 is 0 Å². The van der Waals surface area contributed by atoms with Crippen LogP contribution in [0, 0.1) is 11.3 Å². The molecule has 0 aliphatic rings. The first-order valence-corrected chi connectivity index (χ1v) is 6.03. The van der Waals surface area contributed by atoms with E-state index in [0.29, 0.717) is 0 Å². The lowest BCUT2D eigenvalue weighted by molar-refractivity contribution is 0.931. The molecule has 0 radical (unpaired) electrons. The zero-order chi connectivity index (χ0) is 11.1. The Bertz CT molecular complexity index is 376. The van der Waals surface area contributed by atoms with Crippen LogP contribution in [0.25, 0.3) is 0 Å². The van der Waals surface area contributed by atoms with Crippen molar-refractivity contribution in [1.29, 1.82) is 5.26 Å². The van der Waals surface area contributed by atoms with Crippen LogP contribution in [0.5, 0.6) is 0 Å². The first-order chi connectivity index (χ1) is 7.26. The zero-order valence-electron chi connectivity index (χ0n) is 8.53. The fraction of sp³-hybridized carbons (Fsp3) is 0.250. The van der Waals surface area contributed by atoms with Crippen LogP contribution in [0.2, 0.25) is 5.02 Å². The van der Waals surface area contributed by atoms with Gasteiger partial charge in [0.25, 0.3) is 0 Å². The van der Waals surface area contributed by atoms with Gasteiger partial charge in [0.2, 0.25) is 0 Å². The van der Waals surface area contributed by atoms with E-state index in [0.717, 1.165) is 28.3 Å². The number of nitrogens with zero attached hydrogens (tertiary/aromatic N) is 1. The molecular formula is C12H12ClNS. The molecule has 0 spiro atoms. The largest absolute Gasteiger partial charge is 0.193 e. The van der Waals surface area contributed by atoms with E-state index in [2.05, 4.69) is 13.0 Å². The summed E-state index contributed by atoms with van der Waals surface area (Å²) in [7, 11) is 0. The summed E-state index contributed by atoms with van der Waals surface area (Å²) in [6, 6.07) is 9.80. The topological polar surface area (TPSA) is 23.8 Å². The maximum atomic E-state index is 8.83. The zero-order valence-corrected chi connectivity index (χ0v) is 10.1. The molecule has 0 amide bonds. The molecule has 1 nitrogen and oxygen atoms in total. The molecule has 78 valence electrons. The van der Waals surface area contributed by atoms with Crippen molar-refractivity contribution in [1.82, 2.24) is 0 Å². The Morgan fingerprint density at radius 3 is 2.67 bits per heavy atom. The number of hydrogen-bond acceptors (Lipinski definition) is 2. The molecule has 1 rings (SSSR count). The van der Waals surface area contributed by atoms with Crippen molar-refractivity contribution in [2.45, 2.75) is 24.7 Å². The monoisotopic (exact) mass is 237 g/mol. The van der Waals surface area contributed by atoms with Gasteiger partial charge in [-0.1, -0.05) is 36.7 Å². The van der Waals surface area contributed by atoms with E-state index in [-0.39, 0.29) is 0 Å². The summed E-state index contributed by atoms with van der Waals surface area (Å²) in [4.78, 5) is 1.10. The van der Waals surface area contributed by atoms with E-state index in [4.69, 9.17) is 16.9 Å². The second-order valence-corrected chi connectivity index (χ2v) is 4.46. The third kappa shape index (κ3) is 4.42. The minimum atomic E-state index is 0.734. The number of thioether (sulfide) groups is 1. The van der Waals surface area contributed by atoms with E-state index in [1.807, 2.05) is 29.7 Å². The van der Waals surface area contributed by atoms with Gasteiger partial charge in [-0.25, -0.2) is 0 Å². The predicted octanol–water partition coefficient (Wildman–Crippen LogP) is 4.64. The molecule has 0 unspecified atom stereocenters. The quantitative estimate of drug-likeness (QED) is 0.563. The van der Waals surface area contributed by atoms with Crippen molar-refractivity contribution in [3.63, 3.8) is 0 Å². The number of halogens is 1. The van der Waals surface area contributed by atoms with Crippen molar-refractivity contribution in [2.75, 3.05) is 0 Å². The summed E-state index contributed by atoms with van der Waals surface area (Å²) >= 11 is 7.33. The Labute approximate surface area is 99.8 Å². The van der Waals surface area contributed by atoms with Crippen LogP contribution in [0.4, 0.5) is 0 Å². The number of benzene rings is 1. The molecule has 0 saturated heterocycles. The molecule has 1 aromatic rings. The average Bonchev–Trinajstić information content (AvgIpc) is 2.26. The van der Waals surface area contributed by atoms with Crippen LogP contribution in [-0.2, 0) is 0 Å². The van der Waals surface area contributed by atoms with Crippen LogP contribution in [-0.4, -0.2) is 0 Å². The molecule has 15 heavy (non-hydrogen) atoms. The summed E-state index contributed by atoms with van der Waals surface area (Å²) in [6.07, 6.45) is 1.84. The molecule has 0 aliphatic carbocycles. The van der Waals surface area contributed by atoms with Gasteiger partial charge in [-0.15, -0.1) is 0 Å². The van der Waals surface area contributed by atoms with Gasteiger partial charge < -0.3 is 0 Å². The summed E-state index contributed by atoms with van der Waals surface area (Å²) in [5.74, 6) is 0. The van der Waals surface area contributed by atoms with Crippen LogP contribution in [0.15, 0.2) is 40.1 Å². The standard InChI is InChI=1S/C12H12ClNS/c1-2-3-10(8-14)9-15-12-6-4-11(13)5-7-12/h4-7,9H,2-3H2,1H3. The molecule has 0 fully saturated rings. The normalized spacial score (nSPS) is 11.1. The predicted molar refractivity (Wildman–Crippen MR) is 65.9 cm³/mol. The molecule has 0 bridgehead atoms. The first kappa shape index (κ1) is 12.2. The molecule has 0 saturated carbocycles. The van der Waals surface area contributed by atoms with Crippen LogP contribution >= 0.6 is 23.4 Å². The van der Waals surface area contributed by atoms with Crippen molar-refractivity contribution in [2.24, 2.45) is 0 Å². The number of rotatable bonds is 4. The van der Waals surface area contributed by atoms with Crippen LogP contribution in [0.1, 0.15) is 19.8 Å². The third-order valence-electron chi connectivity index (χ3n) is 1.81. The smallest absolute Gasteiger partial charge is 0.0952 e. The fourth-order valence-corrected chi connectivity index (χ4v) is 1.93. The lowest BCUT2D eigenvalue weighted by atomic mass is 10.2. The highest BCUT2D eigenvalue weighted by Crippen LogP contribution is 2.23. The van der Waals surface area contributed by atoms with Gasteiger partial charge in [-0.05, 0) is 36.1 Å². The Hall–Kier alpha value is -0.910. The fourth-order valence-electron chi connectivity index (χ4n) is 1.06. The molecule has 0 N–H and O–H groups in total. The first-order valence-electron chi connectivity index (χ1n) is 4.77. The summed E-state index contributed by atoms with van der Waals surface area (Å²) in [5.41, 5.74) is 0.831. The number of hydrogen-bond donors (Lipinski definition) is 0. The summed E-state index contributed by atoms with van der Waals surface area (Å²) in [5, 5.41) is 11.5. The number of nitriles is 1. The van der Waals surface area contributed by atoms with Gasteiger partial charge in [0.1, 0.15) is 0 Å². The maximum Gasteiger partial charge on any atom is 0.0952 e. The Morgan fingerprint density at radius 2 is 2.13 bits per heavy atom. The van der Waals surface area contributed by atoms with Crippen LogP contribution < -0.4 is 0 Å². The second-order valence-electron chi connectivity index (χ2n) is 3.08. The molecule has 0 aromatic heterocycles. The average molecular weight is 238 g/mol. The minimum absolute atomic E-state index is 0.734. The maximum absolute atomic E-state index is 8.83.